The minimum Gasteiger partial charge on any atom is -0.332 e. The minimum atomic E-state index is 0. The summed E-state index contributed by atoms with van der Waals surface area (Å²) >= 11 is 0. The number of piperazine rings is 1. The van der Waals surface area contributed by atoms with E-state index in [0.29, 0.717) is 5.69 Å². The van der Waals surface area contributed by atoms with Crippen LogP contribution < -0.4 is 5.32 Å². The van der Waals surface area contributed by atoms with Crippen molar-refractivity contribution in [2.24, 2.45) is 0 Å². The van der Waals surface area contributed by atoms with E-state index >= 15 is 0 Å². The Morgan fingerprint density at radius 1 is 1.35 bits per heavy atom. The Balaban J connectivity index is 0.00000147. The Morgan fingerprint density at radius 3 is 2.95 bits per heavy atom. The Kier molecular flexibility index (Phi) is 4.57. The van der Waals surface area contributed by atoms with Gasteiger partial charge in [-0.2, -0.15) is 0 Å². The van der Waals surface area contributed by atoms with Crippen LogP contribution in [-0.2, 0) is 0 Å². The monoisotopic (exact) mass is 291 g/mol. The molecule has 2 heterocycles. The first-order chi connectivity index (χ1) is 9.27. The van der Waals surface area contributed by atoms with E-state index in [1.807, 2.05) is 35.2 Å². The predicted octanol–water partition coefficient (Wildman–Crippen LogP) is 2.09. The molecule has 0 aliphatic carbocycles. The van der Waals surface area contributed by atoms with Crippen LogP contribution >= 0.6 is 12.4 Å². The average Bonchev–Trinajstić information content (AvgIpc) is 2.46. The Bertz CT molecular complexity index is 612. The summed E-state index contributed by atoms with van der Waals surface area (Å²) in [5.74, 6) is 0.0331. The molecule has 106 valence electrons. The third-order valence-corrected chi connectivity index (χ3v) is 3.64. The highest BCUT2D eigenvalue weighted by molar-refractivity contribution is 6.05. The quantitative estimate of drug-likeness (QED) is 0.875. The molecule has 1 aliphatic heterocycles. The van der Waals surface area contributed by atoms with Crippen molar-refractivity contribution >= 4 is 29.1 Å². The van der Waals surface area contributed by atoms with Gasteiger partial charge in [0.05, 0.1) is 0 Å². The molecule has 1 amide bonds. The number of hydrogen-bond donors (Lipinski definition) is 1. The number of halogens is 1. The van der Waals surface area contributed by atoms with E-state index in [-0.39, 0.29) is 24.4 Å². The normalized spacial score (nSPS) is 18.6. The maximum atomic E-state index is 12.7. The van der Waals surface area contributed by atoms with Gasteiger partial charge in [-0.3, -0.25) is 9.78 Å². The van der Waals surface area contributed by atoms with Crippen LogP contribution in [-0.4, -0.2) is 41.5 Å². The molecule has 1 aromatic carbocycles. The molecule has 20 heavy (non-hydrogen) atoms. The molecule has 1 unspecified atom stereocenters. The topological polar surface area (TPSA) is 45.2 Å². The highest BCUT2D eigenvalue weighted by Crippen LogP contribution is 2.19. The van der Waals surface area contributed by atoms with Crippen LogP contribution in [0, 0.1) is 0 Å². The third-order valence-electron chi connectivity index (χ3n) is 3.64. The molecule has 1 atom stereocenters. The van der Waals surface area contributed by atoms with Crippen molar-refractivity contribution in [3.05, 3.63) is 42.2 Å². The summed E-state index contributed by atoms with van der Waals surface area (Å²) in [5, 5.41) is 5.28. The molecule has 0 saturated carbocycles. The number of benzene rings is 1. The molecule has 1 saturated heterocycles. The number of aromatic nitrogens is 1. The molecule has 4 nitrogen and oxygen atoms in total. The molecule has 1 fully saturated rings. The average molecular weight is 292 g/mol. The molecule has 3 rings (SSSR count). The lowest BCUT2D eigenvalue weighted by molar-refractivity contribution is 0.0652. The van der Waals surface area contributed by atoms with Gasteiger partial charge in [0.2, 0.25) is 0 Å². The van der Waals surface area contributed by atoms with Gasteiger partial charge in [0.25, 0.3) is 5.91 Å². The molecule has 1 aliphatic rings. The maximum Gasteiger partial charge on any atom is 0.273 e. The first-order valence-corrected chi connectivity index (χ1v) is 6.63. The van der Waals surface area contributed by atoms with Gasteiger partial charge in [-0.15, -0.1) is 12.4 Å². The first-order valence-electron chi connectivity index (χ1n) is 6.63. The van der Waals surface area contributed by atoms with Crippen LogP contribution in [0.3, 0.4) is 0 Å². The largest absolute Gasteiger partial charge is 0.332 e. The third kappa shape index (κ3) is 2.62. The Labute approximate surface area is 124 Å². The second kappa shape index (κ2) is 6.20. The van der Waals surface area contributed by atoms with E-state index in [0.717, 1.165) is 30.4 Å². The number of amides is 1. The lowest BCUT2D eigenvalue weighted by atomic mass is 10.1. The smallest absolute Gasteiger partial charge is 0.273 e. The van der Waals surface area contributed by atoms with E-state index < -0.39 is 0 Å². The van der Waals surface area contributed by atoms with Crippen molar-refractivity contribution in [3.8, 4) is 0 Å². The summed E-state index contributed by atoms with van der Waals surface area (Å²) in [7, 11) is 0. The number of fused-ring (bicyclic) bond motifs is 1. The number of pyridine rings is 1. The summed E-state index contributed by atoms with van der Waals surface area (Å²) in [6.07, 6.45) is 1.71. The highest BCUT2D eigenvalue weighted by atomic mass is 35.5. The number of hydrogen-bond acceptors (Lipinski definition) is 3. The molecule has 1 aromatic heterocycles. The van der Waals surface area contributed by atoms with Crippen LogP contribution in [0.4, 0.5) is 0 Å². The fourth-order valence-corrected chi connectivity index (χ4v) is 2.57. The second-order valence-electron chi connectivity index (χ2n) is 4.93. The molecule has 0 spiro atoms. The zero-order valence-electron chi connectivity index (χ0n) is 11.4. The molecule has 0 radical (unpaired) electrons. The number of nitrogens with zero attached hydrogens (tertiary/aromatic N) is 2. The lowest BCUT2D eigenvalue weighted by Crippen LogP contribution is -2.52. The van der Waals surface area contributed by atoms with Gasteiger partial charge in [0, 0.05) is 37.3 Å². The highest BCUT2D eigenvalue weighted by Gasteiger charge is 2.25. The van der Waals surface area contributed by atoms with Crippen molar-refractivity contribution in [1.29, 1.82) is 0 Å². The zero-order chi connectivity index (χ0) is 13.2. The number of carbonyl (C=O) groups excluding carboxylic acids is 1. The first kappa shape index (κ1) is 14.8. The standard InChI is InChI=1S/C15H17N3O.ClH/c1-11-10-16-8-9-18(11)15(19)14-13-5-3-2-4-12(13)6-7-17-14;/h2-7,11,16H,8-10H2,1H3;1H. The van der Waals surface area contributed by atoms with E-state index in [2.05, 4.69) is 17.2 Å². The molecular formula is C15H18ClN3O. The Morgan fingerprint density at radius 2 is 2.15 bits per heavy atom. The van der Waals surface area contributed by atoms with Crippen molar-refractivity contribution in [3.63, 3.8) is 0 Å². The van der Waals surface area contributed by atoms with Gasteiger partial charge < -0.3 is 10.2 Å². The van der Waals surface area contributed by atoms with Crippen molar-refractivity contribution in [2.45, 2.75) is 13.0 Å². The second-order valence-corrected chi connectivity index (χ2v) is 4.93. The van der Waals surface area contributed by atoms with E-state index in [9.17, 15) is 4.79 Å². The van der Waals surface area contributed by atoms with Crippen LogP contribution in [0.15, 0.2) is 36.5 Å². The van der Waals surface area contributed by atoms with Crippen LogP contribution in [0.1, 0.15) is 17.4 Å². The zero-order valence-corrected chi connectivity index (χ0v) is 12.2. The van der Waals surface area contributed by atoms with Crippen molar-refractivity contribution < 1.29 is 4.79 Å². The predicted molar refractivity (Wildman–Crippen MR) is 82.4 cm³/mol. The van der Waals surface area contributed by atoms with Crippen LogP contribution in [0.25, 0.3) is 10.8 Å². The fraction of sp³-hybridized carbons (Fsp3) is 0.333. The molecular weight excluding hydrogens is 274 g/mol. The number of carbonyl (C=O) groups is 1. The van der Waals surface area contributed by atoms with Gasteiger partial charge in [0.1, 0.15) is 5.69 Å². The van der Waals surface area contributed by atoms with Gasteiger partial charge in [-0.25, -0.2) is 0 Å². The molecule has 1 N–H and O–H groups in total. The maximum absolute atomic E-state index is 12.7. The van der Waals surface area contributed by atoms with Gasteiger partial charge in [-0.1, -0.05) is 24.3 Å². The number of nitrogens with one attached hydrogen (secondary N) is 1. The van der Waals surface area contributed by atoms with E-state index in [4.69, 9.17) is 0 Å². The summed E-state index contributed by atoms with van der Waals surface area (Å²) in [4.78, 5) is 18.9. The van der Waals surface area contributed by atoms with E-state index in [1.165, 1.54) is 0 Å². The van der Waals surface area contributed by atoms with Gasteiger partial charge >= 0.3 is 0 Å². The lowest BCUT2D eigenvalue weighted by Gasteiger charge is -2.33. The van der Waals surface area contributed by atoms with Crippen LogP contribution in [0.2, 0.25) is 0 Å². The SMILES string of the molecule is CC1CNCCN1C(=O)c1nccc2ccccc12.Cl. The fourth-order valence-electron chi connectivity index (χ4n) is 2.57. The summed E-state index contributed by atoms with van der Waals surface area (Å²) in [5.41, 5.74) is 0.562. The molecule has 0 bridgehead atoms. The molecule has 5 heteroatoms. The Hall–Kier alpha value is -1.65. The number of rotatable bonds is 1. The van der Waals surface area contributed by atoms with Gasteiger partial charge in [-0.05, 0) is 18.4 Å². The van der Waals surface area contributed by atoms with E-state index in [1.54, 1.807) is 6.20 Å². The van der Waals surface area contributed by atoms with Crippen LogP contribution in [0.5, 0.6) is 0 Å². The van der Waals surface area contributed by atoms with Crippen molar-refractivity contribution in [2.75, 3.05) is 19.6 Å². The summed E-state index contributed by atoms with van der Waals surface area (Å²) in [6.45, 7) is 4.50. The summed E-state index contributed by atoms with van der Waals surface area (Å²) in [6, 6.07) is 10.0. The minimum absolute atomic E-state index is 0. The summed E-state index contributed by atoms with van der Waals surface area (Å²) < 4.78 is 0. The van der Waals surface area contributed by atoms with Gasteiger partial charge in [0.15, 0.2) is 0 Å². The van der Waals surface area contributed by atoms with Crippen molar-refractivity contribution in [1.82, 2.24) is 15.2 Å². The molecule has 2 aromatic rings.